The van der Waals surface area contributed by atoms with E-state index in [9.17, 15) is 40.2 Å². The summed E-state index contributed by atoms with van der Waals surface area (Å²) in [6.45, 7) is 13.5. The van der Waals surface area contributed by atoms with Gasteiger partial charge >= 0.3 is 5.97 Å². The third-order valence-corrected chi connectivity index (χ3v) is 11.9. The number of aliphatic hydroxyl groups excluding tert-OH is 4. The molecule has 3 aliphatic rings. The molecule has 304 valence electrons. The van der Waals surface area contributed by atoms with Crippen molar-refractivity contribution >= 4 is 11.8 Å². The topological polar surface area (TPSA) is 214 Å². The van der Waals surface area contributed by atoms with Crippen LogP contribution in [-0.2, 0) is 38.0 Å². The highest BCUT2D eigenvalue weighted by atomic mass is 16.7. The zero-order valence-corrected chi connectivity index (χ0v) is 33.1. The Balaban J connectivity index is 2.22. The zero-order chi connectivity index (χ0) is 39.7. The van der Waals surface area contributed by atoms with Gasteiger partial charge in [-0.05, 0) is 68.0 Å². The number of carbonyl (C=O) groups is 2. The van der Waals surface area contributed by atoms with E-state index in [4.69, 9.17) is 28.4 Å². The van der Waals surface area contributed by atoms with Gasteiger partial charge < -0.3 is 64.0 Å². The van der Waals surface area contributed by atoms with Gasteiger partial charge in [-0.15, -0.1) is 0 Å². The third kappa shape index (κ3) is 9.54. The number of cyclic esters (lactones) is 1. The molecule has 0 spiro atoms. The van der Waals surface area contributed by atoms with E-state index in [-0.39, 0.29) is 31.4 Å². The summed E-state index contributed by atoms with van der Waals surface area (Å²) in [7, 11) is 5.10. The number of hydrogen-bond acceptors (Lipinski definition) is 15. The molecule has 0 aromatic heterocycles. The van der Waals surface area contributed by atoms with Crippen molar-refractivity contribution in [3.05, 3.63) is 0 Å². The van der Waals surface area contributed by atoms with Crippen molar-refractivity contribution in [2.75, 3.05) is 27.8 Å². The van der Waals surface area contributed by atoms with Gasteiger partial charge in [0, 0.05) is 37.3 Å². The smallest absolute Gasteiger partial charge is 0.314 e. The SMILES string of the molecule is CC[C@H]1OC(=O)[C@H](CO)[C@@H](O[C@H]2C[C@@](C)(OC)[C@H](O)[C@H](C)O2)[C@H](C)[C@H](O[C@H]2O[C@@H](C)C[C@@H](N(C)C)[C@H]2O)[C@@](C)(O)C[C@H](C)C(=O)[C@H](C)[C@@H](O)[C@]1(C)O. The van der Waals surface area contributed by atoms with E-state index in [1.54, 1.807) is 34.6 Å². The van der Waals surface area contributed by atoms with Gasteiger partial charge in [-0.3, -0.25) is 9.59 Å². The molecule has 0 aliphatic carbocycles. The van der Waals surface area contributed by atoms with Crippen LogP contribution in [0.1, 0.15) is 88.0 Å². The van der Waals surface area contributed by atoms with Crippen LogP contribution < -0.4 is 0 Å². The molecule has 18 atom stereocenters. The molecule has 0 unspecified atom stereocenters. The van der Waals surface area contributed by atoms with Crippen molar-refractivity contribution in [3.8, 4) is 0 Å². The van der Waals surface area contributed by atoms with E-state index in [0.29, 0.717) is 6.42 Å². The number of hydrogen-bond donors (Lipinski definition) is 6. The first-order chi connectivity index (χ1) is 24.0. The van der Waals surface area contributed by atoms with E-state index in [1.807, 2.05) is 25.9 Å². The second-order valence-corrected chi connectivity index (χ2v) is 16.5. The molecule has 15 nitrogen and oxygen atoms in total. The van der Waals surface area contributed by atoms with Crippen LogP contribution in [0, 0.1) is 23.7 Å². The van der Waals surface area contributed by atoms with Crippen LogP contribution in [0.15, 0.2) is 0 Å². The van der Waals surface area contributed by atoms with Crippen LogP contribution in [0.25, 0.3) is 0 Å². The third-order valence-electron chi connectivity index (χ3n) is 11.9. The first-order valence-corrected chi connectivity index (χ1v) is 18.6. The van der Waals surface area contributed by atoms with E-state index >= 15 is 0 Å². The maximum Gasteiger partial charge on any atom is 0.314 e. The number of likely N-dealkylation sites (N-methyl/N-ethyl adjacent to an activating group) is 1. The van der Waals surface area contributed by atoms with Crippen molar-refractivity contribution in [2.45, 2.75) is 172 Å². The Hall–Kier alpha value is -1.34. The van der Waals surface area contributed by atoms with E-state index in [2.05, 4.69) is 0 Å². The van der Waals surface area contributed by atoms with Crippen molar-refractivity contribution < 1.29 is 68.6 Å². The molecule has 0 amide bonds. The fourth-order valence-corrected chi connectivity index (χ4v) is 8.46. The van der Waals surface area contributed by atoms with Crippen molar-refractivity contribution in [1.29, 1.82) is 0 Å². The summed E-state index contributed by atoms with van der Waals surface area (Å²) < 4.78 is 36.8. The molecule has 0 radical (unpaired) electrons. The van der Waals surface area contributed by atoms with Crippen LogP contribution in [0.3, 0.4) is 0 Å². The molecule has 0 saturated carbocycles. The molecular formula is C37H67NO14. The second kappa shape index (κ2) is 17.6. The summed E-state index contributed by atoms with van der Waals surface area (Å²) in [5, 5.41) is 68.5. The molecule has 15 heteroatoms. The van der Waals surface area contributed by atoms with E-state index in [1.165, 1.54) is 27.9 Å². The van der Waals surface area contributed by atoms with Gasteiger partial charge in [0.1, 0.15) is 35.6 Å². The minimum Gasteiger partial charge on any atom is -0.459 e. The lowest BCUT2D eigenvalue weighted by molar-refractivity contribution is -0.319. The van der Waals surface area contributed by atoms with Crippen LogP contribution in [0.5, 0.6) is 0 Å². The molecule has 3 rings (SSSR count). The normalized spacial score (nSPS) is 49.0. The number of carbonyl (C=O) groups excluding carboxylic acids is 2. The molecule has 3 saturated heterocycles. The van der Waals surface area contributed by atoms with Gasteiger partial charge in [0.05, 0.1) is 48.3 Å². The van der Waals surface area contributed by atoms with Crippen molar-refractivity contribution in [1.82, 2.24) is 4.90 Å². The van der Waals surface area contributed by atoms with Gasteiger partial charge in [-0.1, -0.05) is 27.7 Å². The molecule has 52 heavy (non-hydrogen) atoms. The highest BCUT2D eigenvalue weighted by molar-refractivity contribution is 5.83. The summed E-state index contributed by atoms with van der Waals surface area (Å²) in [5.74, 6) is -5.88. The lowest BCUT2D eigenvalue weighted by Crippen LogP contribution is -2.61. The van der Waals surface area contributed by atoms with Gasteiger partial charge in [0.15, 0.2) is 12.6 Å². The second-order valence-electron chi connectivity index (χ2n) is 16.5. The zero-order valence-electron chi connectivity index (χ0n) is 33.1. The molecule has 0 aromatic rings. The maximum absolute atomic E-state index is 14.1. The Bertz CT molecular complexity index is 1190. The van der Waals surface area contributed by atoms with Gasteiger partial charge in [-0.25, -0.2) is 0 Å². The molecule has 3 heterocycles. The van der Waals surface area contributed by atoms with Crippen molar-refractivity contribution in [2.24, 2.45) is 23.7 Å². The maximum atomic E-state index is 14.1. The summed E-state index contributed by atoms with van der Waals surface area (Å²) in [6, 6.07) is -0.364. The number of esters is 1. The molecule has 0 aromatic carbocycles. The largest absolute Gasteiger partial charge is 0.459 e. The van der Waals surface area contributed by atoms with Crippen LogP contribution in [0.2, 0.25) is 0 Å². The summed E-state index contributed by atoms with van der Waals surface area (Å²) in [4.78, 5) is 29.8. The van der Waals surface area contributed by atoms with Crippen LogP contribution in [0.4, 0.5) is 0 Å². The highest BCUT2D eigenvalue weighted by Crippen LogP contribution is 2.40. The Morgan fingerprint density at radius 3 is 2.08 bits per heavy atom. The van der Waals surface area contributed by atoms with Gasteiger partial charge in [0.2, 0.25) is 0 Å². The number of methoxy groups -OCH3 is 1. The number of Topliss-reactive ketones (excluding diaryl/α,β-unsaturated/α-hetero) is 1. The number of ether oxygens (including phenoxy) is 6. The van der Waals surface area contributed by atoms with Crippen LogP contribution in [-0.4, -0.2) is 159 Å². The lowest BCUT2D eigenvalue weighted by atomic mass is 9.74. The summed E-state index contributed by atoms with van der Waals surface area (Å²) >= 11 is 0. The van der Waals surface area contributed by atoms with Crippen LogP contribution >= 0.6 is 0 Å². The fraction of sp³-hybridized carbons (Fsp3) is 0.946. The average Bonchev–Trinajstić information content (AvgIpc) is 3.07. The quantitative estimate of drug-likeness (QED) is 0.189. The molecular weight excluding hydrogens is 682 g/mol. The lowest BCUT2D eigenvalue weighted by Gasteiger charge is -2.49. The Morgan fingerprint density at radius 2 is 1.54 bits per heavy atom. The summed E-state index contributed by atoms with van der Waals surface area (Å²) in [6.07, 6.45) is -10.8. The number of aliphatic hydroxyl groups is 6. The van der Waals surface area contributed by atoms with Gasteiger partial charge in [-0.2, -0.15) is 0 Å². The average molecular weight is 750 g/mol. The standard InChI is InChI=1S/C37H67NO14/c1-13-25-37(9,46)30(42)20(4)27(40)18(2)15-35(7,45)32(52-34-28(41)24(38(10)11)14-19(3)48-34)21(5)29(23(17-39)33(44)50-25)51-26-16-36(8,47-12)31(43)22(6)49-26/h18-26,28-32,34,39,41-43,45-46H,13-17H2,1-12H3/t18-,19-,20-,21-,22-,23+,24+,25+,26-,28+,29-,30+,31+,32-,34+,35-,36+,37+/m0/s1. The molecule has 6 N–H and O–H groups in total. The fourth-order valence-electron chi connectivity index (χ4n) is 8.46. The van der Waals surface area contributed by atoms with Gasteiger partial charge in [0.25, 0.3) is 0 Å². The Morgan fingerprint density at radius 1 is 0.923 bits per heavy atom. The number of nitrogens with zero attached hydrogens (tertiary/aromatic N) is 1. The van der Waals surface area contributed by atoms with E-state index < -0.39 is 114 Å². The number of ketones is 1. The minimum absolute atomic E-state index is 0.0156. The Kier molecular flexibility index (Phi) is 15.3. The first-order valence-electron chi connectivity index (χ1n) is 18.6. The number of rotatable bonds is 8. The predicted octanol–water partition coefficient (Wildman–Crippen LogP) is 0.758. The first kappa shape index (κ1) is 45.1. The molecule has 3 fully saturated rings. The molecule has 3 aliphatic heterocycles. The Labute approximate surface area is 308 Å². The highest BCUT2D eigenvalue weighted by Gasteiger charge is 2.54. The van der Waals surface area contributed by atoms with Crippen molar-refractivity contribution in [3.63, 3.8) is 0 Å². The molecule has 0 bridgehead atoms. The summed E-state index contributed by atoms with van der Waals surface area (Å²) in [5.41, 5.74) is -5.07. The predicted molar refractivity (Wildman–Crippen MR) is 188 cm³/mol. The monoisotopic (exact) mass is 749 g/mol. The van der Waals surface area contributed by atoms with E-state index in [0.717, 1.165) is 0 Å². The minimum atomic E-state index is -2.08.